The van der Waals surface area contributed by atoms with E-state index in [1.807, 2.05) is 0 Å². The van der Waals surface area contributed by atoms with Crippen LogP contribution in [0, 0.1) is 0 Å². The Morgan fingerprint density at radius 1 is 1.09 bits per heavy atom. The molecular weight excluding hydrogens is 306 g/mol. The molecule has 23 heavy (non-hydrogen) atoms. The first-order chi connectivity index (χ1) is 10.9. The van der Waals surface area contributed by atoms with Crippen molar-refractivity contribution >= 4 is 23.8 Å². The Morgan fingerprint density at radius 3 is 2.35 bits per heavy atom. The van der Waals surface area contributed by atoms with E-state index in [1.54, 1.807) is 0 Å². The highest BCUT2D eigenvalue weighted by Crippen LogP contribution is 2.38. The maximum Gasteiger partial charge on any atom is 0.408 e. The van der Waals surface area contributed by atoms with Gasteiger partial charge in [-0.15, -0.1) is 0 Å². The van der Waals surface area contributed by atoms with E-state index in [4.69, 9.17) is 4.74 Å². The van der Waals surface area contributed by atoms with Gasteiger partial charge >= 0.3 is 18.0 Å². The molecule has 122 valence electrons. The molecule has 0 spiro atoms. The molecule has 2 rings (SSSR count). The summed E-state index contributed by atoms with van der Waals surface area (Å²) in [5.41, 5.74) is -1.12. The molecule has 1 amide bonds. The average molecular weight is 321 g/mol. The second kappa shape index (κ2) is 6.07. The van der Waals surface area contributed by atoms with Crippen LogP contribution in [0.15, 0.2) is 18.2 Å². The summed E-state index contributed by atoms with van der Waals surface area (Å²) in [7, 11) is 3.50. The van der Waals surface area contributed by atoms with Gasteiger partial charge in [0.2, 0.25) is 0 Å². The molecule has 0 saturated heterocycles. The third-order valence-corrected chi connectivity index (χ3v) is 3.66. The van der Waals surface area contributed by atoms with E-state index in [-0.39, 0.29) is 23.1 Å². The first-order valence-corrected chi connectivity index (χ1v) is 6.60. The van der Waals surface area contributed by atoms with Gasteiger partial charge in [0.05, 0.1) is 26.9 Å². The van der Waals surface area contributed by atoms with Crippen LogP contribution < -0.4 is 5.32 Å². The molecular formula is C15H15NO7. The molecule has 0 unspecified atom stereocenters. The number of hydrogen-bond acceptors (Lipinski definition) is 7. The summed E-state index contributed by atoms with van der Waals surface area (Å²) in [6, 6.07) is 4.15. The topological polar surface area (TPSA) is 108 Å². The van der Waals surface area contributed by atoms with E-state index >= 15 is 0 Å². The zero-order chi connectivity index (χ0) is 17.2. The summed E-state index contributed by atoms with van der Waals surface area (Å²) in [5.74, 6) is -1.83. The number of nitrogens with one attached hydrogen (secondary N) is 1. The summed E-state index contributed by atoms with van der Waals surface area (Å²) in [6.45, 7) is 0. The van der Waals surface area contributed by atoms with Gasteiger partial charge in [-0.2, -0.15) is 0 Å². The second-order valence-corrected chi connectivity index (χ2v) is 4.87. The fourth-order valence-corrected chi connectivity index (χ4v) is 2.57. The summed E-state index contributed by atoms with van der Waals surface area (Å²) in [5, 5.41) is 2.37. The molecule has 1 N–H and O–H groups in total. The van der Waals surface area contributed by atoms with E-state index in [2.05, 4.69) is 14.8 Å². The van der Waals surface area contributed by atoms with Gasteiger partial charge in [0.15, 0.2) is 11.3 Å². The number of ether oxygens (including phenoxy) is 3. The zero-order valence-electron chi connectivity index (χ0n) is 12.8. The summed E-state index contributed by atoms with van der Waals surface area (Å²) in [4.78, 5) is 47.7. The van der Waals surface area contributed by atoms with Gasteiger partial charge in [-0.25, -0.2) is 14.4 Å². The number of Topliss-reactive ketones (excluding diaryl/α,β-unsaturated/α-hetero) is 1. The van der Waals surface area contributed by atoms with Crippen molar-refractivity contribution in [2.75, 3.05) is 21.3 Å². The standard InChI is InChI=1S/C15H15NO7/c1-21-12(18)8-4-5-10-9(6-8)11(17)7-15(10,13(19)22-2)16-14(20)23-3/h4-6H,7H2,1-3H3,(H,16,20)/t15-/m0/s1. The predicted octanol–water partition coefficient (Wildman–Crippen LogP) is 0.784. The molecule has 0 radical (unpaired) electrons. The van der Waals surface area contributed by atoms with E-state index in [0.717, 1.165) is 14.2 Å². The number of rotatable bonds is 3. The van der Waals surface area contributed by atoms with Gasteiger partial charge in [-0.05, 0) is 12.1 Å². The largest absolute Gasteiger partial charge is 0.467 e. The molecule has 1 aliphatic carbocycles. The number of carbonyl (C=O) groups is 4. The van der Waals surface area contributed by atoms with Crippen molar-refractivity contribution in [3.63, 3.8) is 0 Å². The number of benzene rings is 1. The van der Waals surface area contributed by atoms with Gasteiger partial charge in [-0.3, -0.25) is 4.79 Å². The van der Waals surface area contributed by atoms with Gasteiger partial charge in [0.1, 0.15) is 0 Å². The van der Waals surface area contributed by atoms with Crippen molar-refractivity contribution in [1.29, 1.82) is 0 Å². The van der Waals surface area contributed by atoms with Crippen molar-refractivity contribution in [3.8, 4) is 0 Å². The highest BCUT2D eigenvalue weighted by atomic mass is 16.5. The number of fused-ring (bicyclic) bond motifs is 1. The monoisotopic (exact) mass is 321 g/mol. The van der Waals surface area contributed by atoms with Gasteiger partial charge in [0, 0.05) is 17.5 Å². The van der Waals surface area contributed by atoms with Gasteiger partial charge in [0.25, 0.3) is 0 Å². The fourth-order valence-electron chi connectivity index (χ4n) is 2.57. The first-order valence-electron chi connectivity index (χ1n) is 6.60. The number of ketones is 1. The van der Waals surface area contributed by atoms with Crippen molar-refractivity contribution in [3.05, 3.63) is 34.9 Å². The van der Waals surface area contributed by atoms with Crippen LogP contribution in [-0.4, -0.2) is 45.1 Å². The lowest BCUT2D eigenvalue weighted by Crippen LogP contribution is -2.51. The van der Waals surface area contributed by atoms with Crippen LogP contribution in [0.1, 0.15) is 32.7 Å². The fraction of sp³-hybridized carbons (Fsp3) is 0.333. The lowest BCUT2D eigenvalue weighted by molar-refractivity contribution is -0.148. The number of alkyl carbamates (subject to hydrolysis) is 1. The van der Waals surface area contributed by atoms with Crippen molar-refractivity contribution in [2.45, 2.75) is 12.0 Å². The molecule has 1 atom stereocenters. The SMILES string of the molecule is COC(=O)N[C@@]1(C(=O)OC)CC(=O)c2cc(C(=O)OC)ccc21. The number of methoxy groups -OCH3 is 3. The maximum absolute atomic E-state index is 12.3. The average Bonchev–Trinajstić information content (AvgIpc) is 2.85. The molecule has 0 heterocycles. The Bertz CT molecular complexity index is 697. The van der Waals surface area contributed by atoms with Crippen LogP contribution in [0.2, 0.25) is 0 Å². The van der Waals surface area contributed by atoms with Gasteiger partial charge in [-0.1, -0.05) is 6.07 Å². The van der Waals surface area contributed by atoms with Crippen LogP contribution in [0.4, 0.5) is 4.79 Å². The Balaban J connectivity index is 2.58. The van der Waals surface area contributed by atoms with E-state index in [9.17, 15) is 19.2 Å². The van der Waals surface area contributed by atoms with Crippen LogP contribution in [0.5, 0.6) is 0 Å². The molecule has 1 aromatic rings. The number of carbonyl (C=O) groups excluding carboxylic acids is 4. The Labute approximate surface area is 131 Å². The van der Waals surface area contributed by atoms with Crippen molar-refractivity contribution < 1.29 is 33.4 Å². The molecule has 1 aromatic carbocycles. The number of hydrogen-bond donors (Lipinski definition) is 1. The summed E-state index contributed by atoms with van der Waals surface area (Å²) >= 11 is 0. The van der Waals surface area contributed by atoms with Crippen LogP contribution in [0.3, 0.4) is 0 Å². The zero-order valence-corrected chi connectivity index (χ0v) is 12.8. The summed E-state index contributed by atoms with van der Waals surface area (Å²) < 4.78 is 13.9. The lowest BCUT2D eigenvalue weighted by atomic mass is 9.91. The van der Waals surface area contributed by atoms with Crippen LogP contribution in [0.25, 0.3) is 0 Å². The van der Waals surface area contributed by atoms with E-state index < -0.39 is 29.4 Å². The van der Waals surface area contributed by atoms with Crippen LogP contribution in [-0.2, 0) is 24.5 Å². The normalized spacial score (nSPS) is 18.8. The number of amides is 1. The maximum atomic E-state index is 12.3. The third kappa shape index (κ3) is 2.63. The minimum absolute atomic E-state index is 0.148. The smallest absolute Gasteiger partial charge is 0.408 e. The highest BCUT2D eigenvalue weighted by Gasteiger charge is 2.52. The Kier molecular flexibility index (Phi) is 4.35. The van der Waals surface area contributed by atoms with E-state index in [1.165, 1.54) is 25.3 Å². The quantitative estimate of drug-likeness (QED) is 0.647. The van der Waals surface area contributed by atoms with E-state index in [0.29, 0.717) is 0 Å². The molecule has 0 fully saturated rings. The molecule has 0 bridgehead atoms. The molecule has 0 aliphatic heterocycles. The molecule has 0 saturated carbocycles. The Hall–Kier alpha value is -2.90. The molecule has 8 nitrogen and oxygen atoms in total. The highest BCUT2D eigenvalue weighted by molar-refractivity contribution is 6.09. The lowest BCUT2D eigenvalue weighted by Gasteiger charge is -2.27. The third-order valence-electron chi connectivity index (χ3n) is 3.66. The Morgan fingerprint density at radius 2 is 1.78 bits per heavy atom. The summed E-state index contributed by atoms with van der Waals surface area (Å²) in [6.07, 6.45) is -1.21. The predicted molar refractivity (Wildman–Crippen MR) is 76.0 cm³/mol. The molecule has 8 heteroatoms. The van der Waals surface area contributed by atoms with Crippen LogP contribution >= 0.6 is 0 Å². The molecule has 0 aromatic heterocycles. The molecule has 1 aliphatic rings. The van der Waals surface area contributed by atoms with Crippen molar-refractivity contribution in [1.82, 2.24) is 5.32 Å². The minimum Gasteiger partial charge on any atom is -0.467 e. The minimum atomic E-state index is -1.68. The second-order valence-electron chi connectivity index (χ2n) is 4.87. The van der Waals surface area contributed by atoms with Crippen molar-refractivity contribution in [2.24, 2.45) is 0 Å². The first kappa shape index (κ1) is 16.5. The van der Waals surface area contributed by atoms with Gasteiger partial charge < -0.3 is 19.5 Å². The number of esters is 2.